The fraction of sp³-hybridized carbons (Fsp3) is 0.238. The van der Waals surface area contributed by atoms with E-state index < -0.39 is 23.5 Å². The van der Waals surface area contributed by atoms with Crippen LogP contribution in [0.15, 0.2) is 48.8 Å². The first-order valence-electron chi connectivity index (χ1n) is 9.18. The summed E-state index contributed by atoms with van der Waals surface area (Å²) in [6, 6.07) is 8.14. The molecule has 0 saturated heterocycles. The zero-order valence-corrected chi connectivity index (χ0v) is 17.2. The van der Waals surface area contributed by atoms with Gasteiger partial charge in [-0.1, -0.05) is 23.7 Å². The van der Waals surface area contributed by atoms with Crippen molar-refractivity contribution in [3.05, 3.63) is 70.9 Å². The summed E-state index contributed by atoms with van der Waals surface area (Å²) in [6.07, 6.45) is 3.07. The van der Waals surface area contributed by atoms with Gasteiger partial charge in [0.2, 0.25) is 0 Å². The van der Waals surface area contributed by atoms with Crippen molar-refractivity contribution in [2.45, 2.75) is 25.6 Å². The molecule has 9 heteroatoms. The van der Waals surface area contributed by atoms with E-state index >= 15 is 0 Å². The van der Waals surface area contributed by atoms with E-state index in [1.165, 1.54) is 30.5 Å². The van der Waals surface area contributed by atoms with Crippen LogP contribution in [0.1, 0.15) is 35.9 Å². The first-order valence-corrected chi connectivity index (χ1v) is 9.56. The number of anilines is 1. The average Bonchev–Trinajstić information content (AvgIpc) is 3.17. The molecule has 0 aliphatic heterocycles. The van der Waals surface area contributed by atoms with Crippen LogP contribution in [0.4, 0.5) is 10.2 Å². The number of hydrogen-bond acceptors (Lipinski definition) is 5. The van der Waals surface area contributed by atoms with E-state index in [9.17, 15) is 19.4 Å². The maximum absolute atomic E-state index is 13.1. The summed E-state index contributed by atoms with van der Waals surface area (Å²) in [5.41, 5.74) is 0.939. The highest BCUT2D eigenvalue weighted by molar-refractivity contribution is 6.33. The van der Waals surface area contributed by atoms with Crippen LogP contribution in [0, 0.1) is 5.82 Å². The van der Waals surface area contributed by atoms with Gasteiger partial charge in [-0.05, 0) is 43.7 Å². The zero-order valence-electron chi connectivity index (χ0n) is 16.4. The average molecular weight is 433 g/mol. The molecule has 0 spiro atoms. The second-order valence-corrected chi connectivity index (χ2v) is 7.70. The van der Waals surface area contributed by atoms with Gasteiger partial charge in [-0.3, -0.25) is 4.79 Å². The number of carbonyl (C=O) groups is 1. The van der Waals surface area contributed by atoms with Gasteiger partial charge in [-0.25, -0.2) is 9.37 Å². The second kappa shape index (κ2) is 8.83. The predicted molar refractivity (Wildman–Crippen MR) is 113 cm³/mol. The van der Waals surface area contributed by atoms with Crippen molar-refractivity contribution >= 4 is 23.3 Å². The van der Waals surface area contributed by atoms with E-state index in [4.69, 9.17) is 11.6 Å². The van der Waals surface area contributed by atoms with Crippen LogP contribution in [0.5, 0.6) is 0 Å². The number of nitrogens with zero attached hydrogens (tertiary/aromatic N) is 1. The molecule has 5 N–H and O–H groups in total. The number of aliphatic hydroxyl groups excluding tert-OH is 1. The second-order valence-electron chi connectivity index (χ2n) is 7.30. The number of benzene rings is 1. The topological polar surface area (TPSA) is 110 Å². The molecule has 1 atom stereocenters. The molecule has 3 rings (SSSR count). The Morgan fingerprint density at radius 2 is 2.00 bits per heavy atom. The Bertz CT molecular complexity index is 1030. The highest BCUT2D eigenvalue weighted by atomic mass is 35.5. The number of pyridine rings is 1. The lowest BCUT2D eigenvalue weighted by atomic mass is 10.1. The Labute approximate surface area is 177 Å². The summed E-state index contributed by atoms with van der Waals surface area (Å²) in [7, 11) is 0. The van der Waals surface area contributed by atoms with Crippen LogP contribution in [-0.2, 0) is 0 Å². The van der Waals surface area contributed by atoms with Crippen LogP contribution in [0.2, 0.25) is 5.02 Å². The van der Waals surface area contributed by atoms with E-state index in [0.717, 1.165) is 0 Å². The molecule has 1 unspecified atom stereocenters. The minimum Gasteiger partial charge on any atom is -0.394 e. The van der Waals surface area contributed by atoms with Crippen molar-refractivity contribution < 1.29 is 19.4 Å². The summed E-state index contributed by atoms with van der Waals surface area (Å²) in [6.45, 7) is 2.83. The monoisotopic (exact) mass is 432 g/mol. The Hall–Kier alpha value is -2.94. The maximum atomic E-state index is 13.1. The minimum absolute atomic E-state index is 0.260. The highest BCUT2D eigenvalue weighted by Crippen LogP contribution is 2.30. The molecule has 0 bridgehead atoms. The molecule has 0 aliphatic carbocycles. The molecule has 0 radical (unpaired) electrons. The van der Waals surface area contributed by atoms with E-state index in [1.54, 1.807) is 32.2 Å². The van der Waals surface area contributed by atoms with Crippen molar-refractivity contribution in [3.8, 4) is 11.1 Å². The fourth-order valence-corrected chi connectivity index (χ4v) is 3.10. The van der Waals surface area contributed by atoms with Crippen LogP contribution in [-0.4, -0.2) is 38.4 Å². The van der Waals surface area contributed by atoms with Crippen LogP contribution >= 0.6 is 11.6 Å². The molecule has 158 valence electrons. The van der Waals surface area contributed by atoms with E-state index in [0.29, 0.717) is 27.5 Å². The number of halogens is 2. The lowest BCUT2D eigenvalue weighted by Crippen LogP contribution is -2.31. The van der Waals surface area contributed by atoms with E-state index in [2.05, 4.69) is 20.6 Å². The van der Waals surface area contributed by atoms with Crippen molar-refractivity contribution in [2.75, 3.05) is 11.9 Å². The SMILES string of the molecule is CC(C)(O)Nc1cc(-c2c[nH]c(C(=O)NC(CO)c3ccc(F)cc3)c2)c(Cl)cn1. The number of carbonyl (C=O) groups excluding carboxylic acids is 1. The smallest absolute Gasteiger partial charge is 0.268 e. The Kier molecular flexibility index (Phi) is 6.40. The number of nitrogens with one attached hydrogen (secondary N) is 3. The maximum Gasteiger partial charge on any atom is 0.268 e. The third kappa shape index (κ3) is 5.35. The molecule has 1 amide bonds. The van der Waals surface area contributed by atoms with Crippen molar-refractivity contribution in [3.63, 3.8) is 0 Å². The van der Waals surface area contributed by atoms with Crippen molar-refractivity contribution in [1.29, 1.82) is 0 Å². The van der Waals surface area contributed by atoms with Crippen molar-refractivity contribution in [1.82, 2.24) is 15.3 Å². The van der Waals surface area contributed by atoms with Gasteiger partial charge >= 0.3 is 0 Å². The third-order valence-electron chi connectivity index (χ3n) is 4.29. The van der Waals surface area contributed by atoms with Crippen LogP contribution < -0.4 is 10.6 Å². The first kappa shape index (κ1) is 21.8. The molecular weight excluding hydrogens is 411 g/mol. The molecular formula is C21H22ClFN4O3. The van der Waals surface area contributed by atoms with Crippen LogP contribution in [0.25, 0.3) is 11.1 Å². The number of rotatable bonds is 7. The van der Waals surface area contributed by atoms with Crippen LogP contribution in [0.3, 0.4) is 0 Å². The predicted octanol–water partition coefficient (Wildman–Crippen LogP) is 3.47. The molecule has 1 aromatic carbocycles. The van der Waals surface area contributed by atoms with E-state index in [-0.39, 0.29) is 12.3 Å². The summed E-state index contributed by atoms with van der Waals surface area (Å²) in [5.74, 6) is -0.418. The standard InChI is InChI=1S/C21H22ClFN4O3/c1-21(2,30)27-19-8-15(16(22)10-25-19)13-7-17(24-9-13)20(29)26-18(11-28)12-3-5-14(23)6-4-12/h3-10,18,24,28,30H,11H2,1-2H3,(H,25,27)(H,26,29). The Morgan fingerprint density at radius 3 is 2.63 bits per heavy atom. The Morgan fingerprint density at radius 1 is 1.30 bits per heavy atom. The van der Waals surface area contributed by atoms with E-state index in [1.807, 2.05) is 0 Å². The largest absolute Gasteiger partial charge is 0.394 e. The highest BCUT2D eigenvalue weighted by Gasteiger charge is 2.18. The van der Waals surface area contributed by atoms with Gasteiger partial charge < -0.3 is 25.8 Å². The number of hydrogen-bond donors (Lipinski definition) is 5. The lowest BCUT2D eigenvalue weighted by Gasteiger charge is -2.20. The molecule has 2 aromatic heterocycles. The lowest BCUT2D eigenvalue weighted by molar-refractivity contribution is 0.0911. The molecule has 7 nitrogen and oxygen atoms in total. The quantitative estimate of drug-likeness (QED) is 0.367. The summed E-state index contributed by atoms with van der Waals surface area (Å²) < 4.78 is 13.1. The summed E-state index contributed by atoms with van der Waals surface area (Å²) in [4.78, 5) is 19.6. The Balaban J connectivity index is 1.79. The summed E-state index contributed by atoms with van der Waals surface area (Å²) >= 11 is 6.26. The molecule has 2 heterocycles. The van der Waals surface area contributed by atoms with Gasteiger partial charge in [0.25, 0.3) is 5.91 Å². The van der Waals surface area contributed by atoms with Gasteiger partial charge in [0, 0.05) is 23.5 Å². The number of amides is 1. The first-order chi connectivity index (χ1) is 14.2. The molecule has 0 aliphatic rings. The molecule has 3 aromatic rings. The van der Waals surface area contributed by atoms with Gasteiger partial charge in [-0.15, -0.1) is 0 Å². The third-order valence-corrected chi connectivity index (χ3v) is 4.59. The molecule has 30 heavy (non-hydrogen) atoms. The van der Waals surface area contributed by atoms with Crippen molar-refractivity contribution in [2.24, 2.45) is 0 Å². The number of aromatic amines is 1. The molecule has 0 saturated carbocycles. The molecule has 0 fully saturated rings. The van der Waals surface area contributed by atoms with Gasteiger partial charge in [-0.2, -0.15) is 0 Å². The zero-order chi connectivity index (χ0) is 21.9. The number of aromatic nitrogens is 2. The normalized spacial score (nSPS) is 12.5. The van der Waals surface area contributed by atoms with Gasteiger partial charge in [0.05, 0.1) is 17.7 Å². The number of aliphatic hydroxyl groups is 2. The van der Waals surface area contributed by atoms with Gasteiger partial charge in [0.1, 0.15) is 23.1 Å². The van der Waals surface area contributed by atoms with Gasteiger partial charge in [0.15, 0.2) is 0 Å². The minimum atomic E-state index is -1.17. The fourth-order valence-electron chi connectivity index (χ4n) is 2.89. The summed E-state index contributed by atoms with van der Waals surface area (Å²) in [5, 5.41) is 25.5. The number of H-pyrrole nitrogens is 1.